The quantitative estimate of drug-likeness (QED) is 0.570. The van der Waals surface area contributed by atoms with Crippen LogP contribution in [0.15, 0.2) is 0 Å². The van der Waals surface area contributed by atoms with E-state index in [0.717, 1.165) is 0 Å². The van der Waals surface area contributed by atoms with Gasteiger partial charge < -0.3 is 26.4 Å². The molecule has 0 radical (unpaired) electrons. The summed E-state index contributed by atoms with van der Waals surface area (Å²) in [5, 5.41) is 2.57. The molecule has 0 aliphatic heterocycles. The number of hydrogen-bond acceptors (Lipinski definition) is 8. The van der Waals surface area contributed by atoms with Gasteiger partial charge in [0.2, 0.25) is 0 Å². The molecule has 1 heterocycles. The summed E-state index contributed by atoms with van der Waals surface area (Å²) >= 11 is 5.71. The first kappa shape index (κ1) is 17.9. The number of ether oxygens (including phenoxy) is 1. The van der Waals surface area contributed by atoms with E-state index in [-0.39, 0.29) is 34.9 Å². The van der Waals surface area contributed by atoms with E-state index in [1.807, 2.05) is 11.9 Å². The van der Waals surface area contributed by atoms with Gasteiger partial charge in [0, 0.05) is 19.6 Å². The van der Waals surface area contributed by atoms with Gasteiger partial charge in [0.1, 0.15) is 0 Å². The van der Waals surface area contributed by atoms with E-state index in [9.17, 15) is 9.59 Å². The zero-order valence-corrected chi connectivity index (χ0v) is 13.2. The minimum atomic E-state index is -0.492. The summed E-state index contributed by atoms with van der Waals surface area (Å²) in [5.74, 6) is -0.888. The molecule has 0 spiro atoms. The summed E-state index contributed by atoms with van der Waals surface area (Å²) in [4.78, 5) is 32.4. The molecule has 1 rings (SSSR count). The third-order valence-corrected chi connectivity index (χ3v) is 3.10. The number of likely N-dealkylation sites (N-methyl/N-ethyl adjacent to an activating group) is 1. The van der Waals surface area contributed by atoms with E-state index in [1.54, 1.807) is 0 Å². The number of amides is 1. The molecule has 1 aromatic rings. The molecule has 0 aliphatic carbocycles. The van der Waals surface area contributed by atoms with Crippen molar-refractivity contribution in [2.45, 2.75) is 6.42 Å². The van der Waals surface area contributed by atoms with Crippen molar-refractivity contribution in [2.24, 2.45) is 0 Å². The molecule has 0 aromatic carbocycles. The monoisotopic (exact) mass is 330 g/mol. The van der Waals surface area contributed by atoms with Gasteiger partial charge in [0.15, 0.2) is 22.5 Å². The number of carbonyl (C=O) groups is 2. The maximum absolute atomic E-state index is 11.9. The fraction of sp³-hybridized carbons (Fsp3) is 0.500. The summed E-state index contributed by atoms with van der Waals surface area (Å²) in [5.41, 5.74) is 10.9. The molecule has 9 nitrogen and oxygen atoms in total. The van der Waals surface area contributed by atoms with Crippen molar-refractivity contribution in [3.63, 3.8) is 0 Å². The average molecular weight is 331 g/mol. The predicted octanol–water partition coefficient (Wildman–Crippen LogP) is -0.481. The Bertz CT molecular complexity index is 554. The zero-order chi connectivity index (χ0) is 16.7. The van der Waals surface area contributed by atoms with E-state index in [4.69, 9.17) is 23.1 Å². The lowest BCUT2D eigenvalue weighted by atomic mass is 10.3. The van der Waals surface area contributed by atoms with Crippen molar-refractivity contribution >= 4 is 35.1 Å². The van der Waals surface area contributed by atoms with Gasteiger partial charge in [-0.05, 0) is 7.05 Å². The van der Waals surface area contributed by atoms with Gasteiger partial charge in [0.05, 0.1) is 13.5 Å². The second-order valence-electron chi connectivity index (χ2n) is 4.52. The largest absolute Gasteiger partial charge is 0.469 e. The van der Waals surface area contributed by atoms with E-state index < -0.39 is 5.91 Å². The van der Waals surface area contributed by atoms with Crippen LogP contribution in [0.25, 0.3) is 0 Å². The van der Waals surface area contributed by atoms with Crippen molar-refractivity contribution in [1.29, 1.82) is 0 Å². The van der Waals surface area contributed by atoms with Crippen molar-refractivity contribution in [2.75, 3.05) is 45.3 Å². The summed E-state index contributed by atoms with van der Waals surface area (Å²) in [7, 11) is 3.16. The van der Waals surface area contributed by atoms with Crippen LogP contribution in [0.1, 0.15) is 16.9 Å². The first-order valence-electron chi connectivity index (χ1n) is 6.47. The molecule has 122 valence electrons. The van der Waals surface area contributed by atoms with Crippen LogP contribution in [-0.2, 0) is 9.53 Å². The number of hydrogen-bond donors (Lipinski definition) is 3. The molecule has 0 saturated heterocycles. The standard InChI is InChI=1S/C12H19ClN6O3/c1-19(5-3-7(20)22-2)6-4-16-12(21)8-10(14)18-11(15)9(13)17-8/h3-6H2,1-2H3,(H,16,21)(H4,14,15,18). The Morgan fingerprint density at radius 3 is 2.59 bits per heavy atom. The lowest BCUT2D eigenvalue weighted by molar-refractivity contribution is -0.140. The smallest absolute Gasteiger partial charge is 0.306 e. The first-order chi connectivity index (χ1) is 10.3. The number of nitrogen functional groups attached to an aromatic ring is 2. The fourth-order valence-corrected chi connectivity index (χ4v) is 1.68. The molecule has 0 saturated carbocycles. The molecule has 5 N–H and O–H groups in total. The molecule has 0 fully saturated rings. The van der Waals surface area contributed by atoms with Gasteiger partial charge in [-0.15, -0.1) is 0 Å². The minimum Gasteiger partial charge on any atom is -0.469 e. The van der Waals surface area contributed by atoms with Crippen molar-refractivity contribution < 1.29 is 14.3 Å². The fourth-order valence-electron chi connectivity index (χ4n) is 1.55. The van der Waals surface area contributed by atoms with Crippen LogP contribution in [0.2, 0.25) is 5.15 Å². The maximum Gasteiger partial charge on any atom is 0.306 e. The molecular formula is C12H19ClN6O3. The van der Waals surface area contributed by atoms with E-state index in [2.05, 4.69) is 20.0 Å². The molecule has 1 aromatic heterocycles. The second-order valence-corrected chi connectivity index (χ2v) is 4.88. The number of anilines is 2. The van der Waals surface area contributed by atoms with Gasteiger partial charge in [-0.2, -0.15) is 0 Å². The van der Waals surface area contributed by atoms with Crippen LogP contribution in [0.4, 0.5) is 11.6 Å². The van der Waals surface area contributed by atoms with Gasteiger partial charge in [-0.1, -0.05) is 11.6 Å². The summed E-state index contributed by atoms with van der Waals surface area (Å²) < 4.78 is 4.55. The Balaban J connectivity index is 2.43. The van der Waals surface area contributed by atoms with Crippen LogP contribution in [-0.4, -0.2) is 60.5 Å². The Hall–Kier alpha value is -2.13. The molecule has 0 aliphatic rings. The number of aromatic nitrogens is 2. The van der Waals surface area contributed by atoms with Crippen LogP contribution >= 0.6 is 11.6 Å². The highest BCUT2D eigenvalue weighted by Crippen LogP contribution is 2.16. The van der Waals surface area contributed by atoms with Crippen LogP contribution < -0.4 is 16.8 Å². The maximum atomic E-state index is 11.9. The average Bonchev–Trinajstić information content (AvgIpc) is 2.48. The van der Waals surface area contributed by atoms with Crippen LogP contribution in [0.3, 0.4) is 0 Å². The lowest BCUT2D eigenvalue weighted by Gasteiger charge is -2.16. The normalized spacial score (nSPS) is 10.5. The number of nitrogens with two attached hydrogens (primary N) is 2. The predicted molar refractivity (Wildman–Crippen MR) is 82.3 cm³/mol. The summed E-state index contributed by atoms with van der Waals surface area (Å²) in [6, 6.07) is 0. The molecule has 10 heteroatoms. The molecule has 0 atom stereocenters. The molecular weight excluding hydrogens is 312 g/mol. The Kier molecular flexibility index (Phi) is 6.80. The number of carbonyl (C=O) groups excluding carboxylic acids is 2. The number of methoxy groups -OCH3 is 1. The summed E-state index contributed by atoms with van der Waals surface area (Å²) in [6.45, 7) is 1.41. The number of rotatable bonds is 7. The zero-order valence-electron chi connectivity index (χ0n) is 12.4. The Morgan fingerprint density at radius 1 is 1.27 bits per heavy atom. The number of esters is 1. The SMILES string of the molecule is COC(=O)CCN(C)CCNC(=O)c1nc(Cl)c(N)nc1N. The highest BCUT2D eigenvalue weighted by atomic mass is 35.5. The minimum absolute atomic E-state index is 0.0294. The molecule has 22 heavy (non-hydrogen) atoms. The third kappa shape index (κ3) is 5.34. The van der Waals surface area contributed by atoms with Crippen molar-refractivity contribution in [3.8, 4) is 0 Å². The topological polar surface area (TPSA) is 136 Å². The third-order valence-electron chi connectivity index (χ3n) is 2.82. The van der Waals surface area contributed by atoms with Gasteiger partial charge in [-0.25, -0.2) is 9.97 Å². The highest BCUT2D eigenvalue weighted by molar-refractivity contribution is 6.31. The van der Waals surface area contributed by atoms with E-state index in [1.165, 1.54) is 7.11 Å². The number of halogens is 1. The first-order valence-corrected chi connectivity index (χ1v) is 6.85. The lowest BCUT2D eigenvalue weighted by Crippen LogP contribution is -2.34. The Morgan fingerprint density at radius 2 is 1.95 bits per heavy atom. The van der Waals surface area contributed by atoms with Gasteiger partial charge in [0.25, 0.3) is 5.91 Å². The molecule has 0 unspecified atom stereocenters. The number of nitrogens with zero attached hydrogens (tertiary/aromatic N) is 3. The van der Waals surface area contributed by atoms with Crippen molar-refractivity contribution in [1.82, 2.24) is 20.2 Å². The van der Waals surface area contributed by atoms with Crippen LogP contribution in [0, 0.1) is 0 Å². The summed E-state index contributed by atoms with van der Waals surface area (Å²) in [6.07, 6.45) is 0.285. The van der Waals surface area contributed by atoms with E-state index in [0.29, 0.717) is 19.6 Å². The van der Waals surface area contributed by atoms with Gasteiger partial charge in [-0.3, -0.25) is 9.59 Å². The second kappa shape index (κ2) is 8.35. The number of nitrogens with one attached hydrogen (secondary N) is 1. The van der Waals surface area contributed by atoms with Gasteiger partial charge >= 0.3 is 5.97 Å². The Labute approximate surface area is 133 Å². The van der Waals surface area contributed by atoms with Crippen molar-refractivity contribution in [3.05, 3.63) is 10.8 Å². The highest BCUT2D eigenvalue weighted by Gasteiger charge is 2.15. The van der Waals surface area contributed by atoms with Crippen LogP contribution in [0.5, 0.6) is 0 Å². The molecule has 1 amide bonds. The molecule has 0 bridgehead atoms. The van der Waals surface area contributed by atoms with E-state index >= 15 is 0 Å².